The first kappa shape index (κ1) is 17.2. The Kier molecular flexibility index (Phi) is 5.01. The van der Waals surface area contributed by atoms with Crippen LogP contribution in [0.1, 0.15) is 30.1 Å². The highest BCUT2D eigenvalue weighted by atomic mass is 35.7. The molecule has 9 heteroatoms. The van der Waals surface area contributed by atoms with E-state index in [9.17, 15) is 13.2 Å². The number of benzene rings is 1. The summed E-state index contributed by atoms with van der Waals surface area (Å²) >= 11 is 18.0. The lowest BCUT2D eigenvalue weighted by molar-refractivity contribution is 0.0747. The van der Waals surface area contributed by atoms with Crippen molar-refractivity contribution in [3.05, 3.63) is 26.7 Å². The van der Waals surface area contributed by atoms with Gasteiger partial charge < -0.3 is 4.90 Å². The van der Waals surface area contributed by atoms with Crippen molar-refractivity contribution < 1.29 is 13.2 Å². The van der Waals surface area contributed by atoms with Crippen LogP contribution in [-0.2, 0) is 9.05 Å². The van der Waals surface area contributed by atoms with Gasteiger partial charge in [-0.2, -0.15) is 0 Å². The molecule has 0 spiro atoms. The molecule has 1 fully saturated rings. The van der Waals surface area contributed by atoms with Crippen LogP contribution in [0.4, 0.5) is 0 Å². The van der Waals surface area contributed by atoms with Crippen molar-refractivity contribution in [1.82, 2.24) is 4.90 Å². The maximum Gasteiger partial charge on any atom is 0.262 e. The summed E-state index contributed by atoms with van der Waals surface area (Å²) in [5, 5.41) is -0.464. The number of hydrogen-bond donors (Lipinski definition) is 0. The van der Waals surface area contributed by atoms with E-state index in [1.165, 1.54) is 0 Å². The molecule has 0 N–H and O–H groups in total. The molecule has 0 aliphatic carbocycles. The van der Waals surface area contributed by atoms with Gasteiger partial charge in [-0.15, -0.1) is 0 Å². The van der Waals surface area contributed by atoms with E-state index in [4.69, 9.17) is 45.5 Å². The van der Waals surface area contributed by atoms with E-state index in [2.05, 4.69) is 0 Å². The Morgan fingerprint density at radius 1 is 1.29 bits per heavy atom. The number of hydrogen-bond acceptors (Lipinski definition) is 3. The molecule has 1 amide bonds. The van der Waals surface area contributed by atoms with Crippen LogP contribution in [0.5, 0.6) is 0 Å². The van der Waals surface area contributed by atoms with Crippen molar-refractivity contribution in [2.75, 3.05) is 6.54 Å². The van der Waals surface area contributed by atoms with Crippen LogP contribution in [0, 0.1) is 0 Å². The van der Waals surface area contributed by atoms with Crippen LogP contribution in [0.15, 0.2) is 11.0 Å². The molecule has 0 bridgehead atoms. The number of amides is 1. The topological polar surface area (TPSA) is 54.5 Å². The smallest absolute Gasteiger partial charge is 0.262 e. The molecule has 116 valence electrons. The summed E-state index contributed by atoms with van der Waals surface area (Å²) in [6.07, 6.45) is 1.73. The zero-order valence-electron chi connectivity index (χ0n) is 10.9. The van der Waals surface area contributed by atoms with E-state index in [1.54, 1.807) is 4.90 Å². The number of likely N-dealkylation sites (tertiary alicyclic amines) is 1. The van der Waals surface area contributed by atoms with Gasteiger partial charge in [0.05, 0.1) is 20.6 Å². The third-order valence-electron chi connectivity index (χ3n) is 3.41. The van der Waals surface area contributed by atoms with E-state index >= 15 is 0 Å². The van der Waals surface area contributed by atoms with Crippen molar-refractivity contribution in [3.63, 3.8) is 0 Å². The van der Waals surface area contributed by atoms with Gasteiger partial charge in [0.1, 0.15) is 4.90 Å². The predicted octanol–water partition coefficient (Wildman–Crippen LogP) is 4.20. The van der Waals surface area contributed by atoms with Gasteiger partial charge in [0, 0.05) is 23.3 Å². The third kappa shape index (κ3) is 3.27. The Labute approximate surface area is 142 Å². The largest absolute Gasteiger partial charge is 0.336 e. The first-order chi connectivity index (χ1) is 9.64. The second-order valence-electron chi connectivity index (χ2n) is 4.79. The van der Waals surface area contributed by atoms with E-state index in [0.29, 0.717) is 6.54 Å². The molecule has 0 radical (unpaired) electrons. The summed E-state index contributed by atoms with van der Waals surface area (Å²) in [6.45, 7) is 2.46. The summed E-state index contributed by atoms with van der Waals surface area (Å²) in [4.78, 5) is 13.8. The van der Waals surface area contributed by atoms with Gasteiger partial charge in [0.25, 0.3) is 15.0 Å². The van der Waals surface area contributed by atoms with Gasteiger partial charge >= 0.3 is 0 Å². The van der Waals surface area contributed by atoms with Gasteiger partial charge in [-0.1, -0.05) is 34.8 Å². The molecular formula is C12H11Cl4NO3S. The van der Waals surface area contributed by atoms with Crippen LogP contribution in [-0.4, -0.2) is 31.8 Å². The molecule has 1 atom stereocenters. The minimum absolute atomic E-state index is 0.0275. The average Bonchev–Trinajstić information content (AvgIpc) is 2.78. The molecule has 1 aromatic carbocycles. The van der Waals surface area contributed by atoms with Gasteiger partial charge in [0.15, 0.2) is 0 Å². The second kappa shape index (κ2) is 6.13. The van der Waals surface area contributed by atoms with E-state index in [-0.39, 0.29) is 26.7 Å². The normalized spacial score (nSPS) is 19.1. The van der Waals surface area contributed by atoms with Crippen LogP contribution in [0.2, 0.25) is 15.1 Å². The Balaban J connectivity index is 2.63. The molecule has 1 aliphatic rings. The fourth-order valence-corrected chi connectivity index (χ4v) is 4.46. The molecule has 1 saturated heterocycles. The van der Waals surface area contributed by atoms with Gasteiger partial charge in [-0.25, -0.2) is 8.42 Å². The molecule has 1 heterocycles. The summed E-state index contributed by atoms with van der Waals surface area (Å²) in [5.74, 6) is -0.445. The number of halogens is 4. The van der Waals surface area contributed by atoms with Gasteiger partial charge in [-0.05, 0) is 25.8 Å². The molecule has 2 rings (SSSR count). The minimum atomic E-state index is -4.14. The highest BCUT2D eigenvalue weighted by Gasteiger charge is 2.32. The van der Waals surface area contributed by atoms with Crippen LogP contribution < -0.4 is 0 Å². The standard InChI is InChI=1S/C12H11Cl4NO3S/c1-6-3-2-4-17(6)12(18)9-10(14)7(13)5-8(11(9)15)21(16,19)20/h5-6H,2-4H2,1H3. The highest BCUT2D eigenvalue weighted by molar-refractivity contribution is 8.13. The van der Waals surface area contributed by atoms with E-state index < -0.39 is 19.9 Å². The van der Waals surface area contributed by atoms with Gasteiger partial charge in [-0.3, -0.25) is 4.79 Å². The van der Waals surface area contributed by atoms with E-state index in [0.717, 1.165) is 18.9 Å². The van der Waals surface area contributed by atoms with Crippen LogP contribution in [0.25, 0.3) is 0 Å². The molecule has 0 saturated carbocycles. The third-order valence-corrected chi connectivity index (χ3v) is 6.05. The number of nitrogens with zero attached hydrogens (tertiary/aromatic N) is 1. The first-order valence-corrected chi connectivity index (χ1v) is 9.52. The maximum absolute atomic E-state index is 12.6. The molecule has 4 nitrogen and oxygen atoms in total. The Hall–Kier alpha value is -0.200. The zero-order chi connectivity index (χ0) is 15.9. The second-order valence-corrected chi connectivity index (χ2v) is 8.48. The predicted molar refractivity (Wildman–Crippen MR) is 84.2 cm³/mol. The molecule has 0 aromatic heterocycles. The van der Waals surface area contributed by atoms with Gasteiger partial charge in [0.2, 0.25) is 0 Å². The van der Waals surface area contributed by atoms with Crippen molar-refractivity contribution in [3.8, 4) is 0 Å². The Morgan fingerprint density at radius 3 is 2.38 bits per heavy atom. The SMILES string of the molecule is CC1CCCN1C(=O)c1c(Cl)c(Cl)cc(S(=O)(=O)Cl)c1Cl. The summed E-state index contributed by atoms with van der Waals surface area (Å²) < 4.78 is 23.1. The highest BCUT2D eigenvalue weighted by Crippen LogP contribution is 2.39. The zero-order valence-corrected chi connectivity index (χ0v) is 14.7. The number of carbonyl (C=O) groups excluding carboxylic acids is 1. The fraction of sp³-hybridized carbons (Fsp3) is 0.417. The molecule has 21 heavy (non-hydrogen) atoms. The van der Waals surface area contributed by atoms with Crippen molar-refractivity contribution in [2.45, 2.75) is 30.7 Å². The maximum atomic E-state index is 12.6. The molecule has 1 aromatic rings. The fourth-order valence-electron chi connectivity index (χ4n) is 2.32. The number of rotatable bonds is 2. The Bertz CT molecular complexity index is 705. The summed E-state index contributed by atoms with van der Waals surface area (Å²) in [7, 11) is 1.17. The summed E-state index contributed by atoms with van der Waals surface area (Å²) in [5.41, 5.74) is -0.126. The quantitative estimate of drug-likeness (QED) is 0.561. The van der Waals surface area contributed by atoms with Crippen molar-refractivity contribution in [1.29, 1.82) is 0 Å². The van der Waals surface area contributed by atoms with Crippen molar-refractivity contribution >= 4 is 60.4 Å². The number of carbonyl (C=O) groups is 1. The van der Waals surface area contributed by atoms with E-state index in [1.807, 2.05) is 6.92 Å². The van der Waals surface area contributed by atoms with Crippen LogP contribution >= 0.6 is 45.5 Å². The lowest BCUT2D eigenvalue weighted by Crippen LogP contribution is -2.34. The molecule has 1 unspecified atom stereocenters. The Morgan fingerprint density at radius 2 is 1.90 bits per heavy atom. The van der Waals surface area contributed by atoms with Crippen LogP contribution in [0.3, 0.4) is 0 Å². The average molecular weight is 391 g/mol. The van der Waals surface area contributed by atoms with Crippen molar-refractivity contribution in [2.24, 2.45) is 0 Å². The molecule has 1 aliphatic heterocycles. The monoisotopic (exact) mass is 389 g/mol. The lowest BCUT2D eigenvalue weighted by atomic mass is 10.1. The lowest BCUT2D eigenvalue weighted by Gasteiger charge is -2.23. The minimum Gasteiger partial charge on any atom is -0.336 e. The summed E-state index contributed by atoms with van der Waals surface area (Å²) in [6, 6.07) is 1.07. The first-order valence-electron chi connectivity index (χ1n) is 6.07. The molecular weight excluding hydrogens is 380 g/mol.